The Balaban J connectivity index is 1.62. The van der Waals surface area contributed by atoms with Gasteiger partial charge in [-0.05, 0) is 18.6 Å². The SMILES string of the molecule is O=C(CN1CCNCC1)NCCc1ccc(Cl)s1. The Morgan fingerprint density at radius 3 is 2.89 bits per heavy atom. The second-order valence-corrected chi connectivity index (χ2v) is 6.13. The number of amides is 1. The normalized spacial score (nSPS) is 16.7. The minimum atomic E-state index is 0.111. The molecule has 4 nitrogen and oxygen atoms in total. The van der Waals surface area contributed by atoms with Crippen LogP contribution in [-0.2, 0) is 11.2 Å². The summed E-state index contributed by atoms with van der Waals surface area (Å²) in [5.74, 6) is 0.111. The first-order valence-electron chi connectivity index (χ1n) is 6.18. The van der Waals surface area contributed by atoms with Crippen molar-refractivity contribution in [2.24, 2.45) is 0 Å². The summed E-state index contributed by atoms with van der Waals surface area (Å²) in [6, 6.07) is 3.90. The van der Waals surface area contributed by atoms with Gasteiger partial charge in [-0.3, -0.25) is 9.69 Å². The van der Waals surface area contributed by atoms with E-state index < -0.39 is 0 Å². The second kappa shape index (κ2) is 7.09. The minimum absolute atomic E-state index is 0.111. The van der Waals surface area contributed by atoms with Crippen LogP contribution in [0.2, 0.25) is 4.34 Å². The number of carbonyl (C=O) groups is 1. The molecule has 0 saturated carbocycles. The van der Waals surface area contributed by atoms with Crippen molar-refractivity contribution >= 4 is 28.8 Å². The van der Waals surface area contributed by atoms with Gasteiger partial charge in [-0.15, -0.1) is 11.3 Å². The smallest absolute Gasteiger partial charge is 0.234 e. The van der Waals surface area contributed by atoms with E-state index in [1.165, 1.54) is 4.88 Å². The van der Waals surface area contributed by atoms with Crippen LogP contribution in [0.15, 0.2) is 12.1 Å². The van der Waals surface area contributed by atoms with Crippen molar-refractivity contribution < 1.29 is 4.79 Å². The standard InChI is InChI=1S/C12H18ClN3OS/c13-11-2-1-10(18-11)3-4-15-12(17)9-16-7-5-14-6-8-16/h1-2,14H,3-9H2,(H,15,17). The summed E-state index contributed by atoms with van der Waals surface area (Å²) < 4.78 is 0.803. The molecule has 0 aromatic carbocycles. The predicted octanol–water partition coefficient (Wildman–Crippen LogP) is 0.965. The summed E-state index contributed by atoms with van der Waals surface area (Å²) >= 11 is 7.42. The summed E-state index contributed by atoms with van der Waals surface area (Å²) in [4.78, 5) is 15.1. The highest BCUT2D eigenvalue weighted by Gasteiger charge is 2.12. The number of nitrogens with one attached hydrogen (secondary N) is 2. The average molecular weight is 288 g/mol. The fraction of sp³-hybridized carbons (Fsp3) is 0.583. The lowest BCUT2D eigenvalue weighted by molar-refractivity contribution is -0.122. The first-order valence-corrected chi connectivity index (χ1v) is 7.37. The minimum Gasteiger partial charge on any atom is -0.355 e. The summed E-state index contributed by atoms with van der Waals surface area (Å²) in [5, 5.41) is 6.22. The molecule has 1 aliphatic heterocycles. The molecule has 18 heavy (non-hydrogen) atoms. The molecular weight excluding hydrogens is 270 g/mol. The molecule has 2 heterocycles. The molecule has 2 rings (SSSR count). The van der Waals surface area contributed by atoms with Gasteiger partial charge in [-0.2, -0.15) is 0 Å². The van der Waals surface area contributed by atoms with Crippen LogP contribution in [0.25, 0.3) is 0 Å². The summed E-state index contributed by atoms with van der Waals surface area (Å²) in [5.41, 5.74) is 0. The van der Waals surface area contributed by atoms with Crippen LogP contribution < -0.4 is 10.6 Å². The zero-order valence-electron chi connectivity index (χ0n) is 10.2. The first kappa shape index (κ1) is 13.8. The molecule has 1 aromatic heterocycles. The molecule has 0 bridgehead atoms. The van der Waals surface area contributed by atoms with E-state index in [2.05, 4.69) is 15.5 Å². The van der Waals surface area contributed by atoms with E-state index >= 15 is 0 Å². The van der Waals surface area contributed by atoms with Gasteiger partial charge < -0.3 is 10.6 Å². The van der Waals surface area contributed by atoms with E-state index in [1.807, 2.05) is 12.1 Å². The van der Waals surface area contributed by atoms with E-state index in [-0.39, 0.29) is 5.91 Å². The van der Waals surface area contributed by atoms with Crippen molar-refractivity contribution in [3.63, 3.8) is 0 Å². The molecule has 0 aliphatic carbocycles. The Labute approximate surface area is 116 Å². The topological polar surface area (TPSA) is 44.4 Å². The lowest BCUT2D eigenvalue weighted by Gasteiger charge is -2.26. The zero-order chi connectivity index (χ0) is 12.8. The number of nitrogens with zero attached hydrogens (tertiary/aromatic N) is 1. The third-order valence-electron chi connectivity index (χ3n) is 2.90. The van der Waals surface area contributed by atoms with Gasteiger partial charge in [0.15, 0.2) is 0 Å². The second-order valence-electron chi connectivity index (χ2n) is 4.33. The van der Waals surface area contributed by atoms with Crippen LogP contribution in [-0.4, -0.2) is 50.1 Å². The van der Waals surface area contributed by atoms with Gasteiger partial charge in [-0.25, -0.2) is 0 Å². The highest BCUT2D eigenvalue weighted by molar-refractivity contribution is 7.16. The van der Waals surface area contributed by atoms with E-state index in [1.54, 1.807) is 11.3 Å². The Morgan fingerprint density at radius 1 is 1.44 bits per heavy atom. The maximum absolute atomic E-state index is 11.7. The Hall–Kier alpha value is -0.620. The van der Waals surface area contributed by atoms with Gasteiger partial charge in [-0.1, -0.05) is 11.6 Å². The lowest BCUT2D eigenvalue weighted by atomic mass is 10.3. The van der Waals surface area contributed by atoms with Crippen LogP contribution in [0.4, 0.5) is 0 Å². The van der Waals surface area contributed by atoms with Crippen molar-refractivity contribution in [2.75, 3.05) is 39.3 Å². The van der Waals surface area contributed by atoms with Gasteiger partial charge in [0.2, 0.25) is 5.91 Å². The van der Waals surface area contributed by atoms with Crippen LogP contribution >= 0.6 is 22.9 Å². The predicted molar refractivity (Wildman–Crippen MR) is 75.4 cm³/mol. The van der Waals surface area contributed by atoms with Crippen LogP contribution in [0.5, 0.6) is 0 Å². The van der Waals surface area contributed by atoms with Gasteiger partial charge in [0, 0.05) is 37.6 Å². The molecule has 0 unspecified atom stereocenters. The molecule has 1 aromatic rings. The molecule has 1 amide bonds. The molecular formula is C12H18ClN3OS. The average Bonchev–Trinajstić information content (AvgIpc) is 2.76. The maximum atomic E-state index is 11.7. The van der Waals surface area contributed by atoms with Crippen LogP contribution in [0, 0.1) is 0 Å². The van der Waals surface area contributed by atoms with E-state index in [4.69, 9.17) is 11.6 Å². The van der Waals surface area contributed by atoms with Crippen molar-refractivity contribution in [2.45, 2.75) is 6.42 Å². The van der Waals surface area contributed by atoms with Gasteiger partial charge in [0.25, 0.3) is 0 Å². The molecule has 0 atom stereocenters. The number of rotatable bonds is 5. The Morgan fingerprint density at radius 2 is 2.22 bits per heavy atom. The van der Waals surface area contributed by atoms with Crippen molar-refractivity contribution in [1.29, 1.82) is 0 Å². The molecule has 2 N–H and O–H groups in total. The van der Waals surface area contributed by atoms with Gasteiger partial charge in [0.05, 0.1) is 10.9 Å². The number of halogens is 1. The van der Waals surface area contributed by atoms with Crippen LogP contribution in [0.1, 0.15) is 4.88 Å². The molecule has 1 aliphatic rings. The number of hydrogen-bond acceptors (Lipinski definition) is 4. The van der Waals surface area contributed by atoms with E-state index in [0.717, 1.165) is 36.9 Å². The summed E-state index contributed by atoms with van der Waals surface area (Å²) in [6.45, 7) is 5.04. The van der Waals surface area contributed by atoms with E-state index in [9.17, 15) is 4.79 Å². The van der Waals surface area contributed by atoms with Gasteiger partial charge >= 0.3 is 0 Å². The molecule has 0 spiro atoms. The number of thiophene rings is 1. The van der Waals surface area contributed by atoms with Crippen LogP contribution in [0.3, 0.4) is 0 Å². The molecule has 0 radical (unpaired) electrons. The molecule has 1 fully saturated rings. The maximum Gasteiger partial charge on any atom is 0.234 e. The van der Waals surface area contributed by atoms with Gasteiger partial charge in [0.1, 0.15) is 0 Å². The zero-order valence-corrected chi connectivity index (χ0v) is 11.8. The van der Waals surface area contributed by atoms with Crippen molar-refractivity contribution in [1.82, 2.24) is 15.5 Å². The fourth-order valence-electron chi connectivity index (χ4n) is 1.94. The highest BCUT2D eigenvalue weighted by atomic mass is 35.5. The van der Waals surface area contributed by atoms with E-state index in [0.29, 0.717) is 13.1 Å². The number of piperazine rings is 1. The number of carbonyl (C=O) groups excluding carboxylic acids is 1. The Bertz CT molecular complexity index is 390. The molecule has 1 saturated heterocycles. The largest absolute Gasteiger partial charge is 0.355 e. The van der Waals surface area contributed by atoms with Crippen molar-refractivity contribution in [3.8, 4) is 0 Å². The number of hydrogen-bond donors (Lipinski definition) is 2. The fourth-order valence-corrected chi connectivity index (χ4v) is 3.03. The summed E-state index contributed by atoms with van der Waals surface area (Å²) in [7, 11) is 0. The monoisotopic (exact) mass is 287 g/mol. The third-order valence-corrected chi connectivity index (χ3v) is 4.19. The first-order chi connectivity index (χ1) is 8.74. The molecule has 6 heteroatoms. The van der Waals surface area contributed by atoms with Crippen molar-refractivity contribution in [3.05, 3.63) is 21.3 Å². The molecule has 100 valence electrons. The quantitative estimate of drug-likeness (QED) is 0.848. The lowest BCUT2D eigenvalue weighted by Crippen LogP contribution is -2.47. The Kier molecular flexibility index (Phi) is 5.44. The summed E-state index contributed by atoms with van der Waals surface area (Å²) in [6.07, 6.45) is 0.852. The third kappa shape index (κ3) is 4.57. The highest BCUT2D eigenvalue weighted by Crippen LogP contribution is 2.21.